The molecular formula is C25H25FN4OS. The van der Waals surface area contributed by atoms with Gasteiger partial charge in [-0.3, -0.25) is 9.78 Å². The number of hydrogen-bond acceptors (Lipinski definition) is 4. The number of fused-ring (bicyclic) bond motifs is 1. The molecule has 0 saturated heterocycles. The number of rotatable bonds is 8. The van der Waals surface area contributed by atoms with E-state index in [1.54, 1.807) is 30.1 Å². The van der Waals surface area contributed by atoms with Crippen LogP contribution in [0.3, 0.4) is 0 Å². The van der Waals surface area contributed by atoms with Crippen LogP contribution in [0.25, 0.3) is 11.0 Å². The van der Waals surface area contributed by atoms with E-state index in [0.717, 1.165) is 33.7 Å². The van der Waals surface area contributed by atoms with Crippen LogP contribution in [-0.4, -0.2) is 26.5 Å². The van der Waals surface area contributed by atoms with Gasteiger partial charge in [0.2, 0.25) is 0 Å². The van der Waals surface area contributed by atoms with E-state index in [0.29, 0.717) is 17.9 Å². The molecule has 164 valence electrons. The highest BCUT2D eigenvalue weighted by molar-refractivity contribution is 7.98. The van der Waals surface area contributed by atoms with Crippen LogP contribution in [0, 0.1) is 5.82 Å². The number of aromatic nitrogens is 3. The number of imidazole rings is 1. The molecule has 0 aliphatic heterocycles. The maximum atomic E-state index is 13.2. The fraction of sp³-hybridized carbons (Fsp3) is 0.240. The highest BCUT2D eigenvalue weighted by Crippen LogP contribution is 2.27. The first-order valence-electron chi connectivity index (χ1n) is 10.6. The van der Waals surface area contributed by atoms with Gasteiger partial charge >= 0.3 is 0 Å². The van der Waals surface area contributed by atoms with Gasteiger partial charge in [0.15, 0.2) is 5.16 Å². The smallest absolute Gasteiger partial charge is 0.251 e. The van der Waals surface area contributed by atoms with Crippen molar-refractivity contribution in [2.75, 3.05) is 0 Å². The van der Waals surface area contributed by atoms with Crippen molar-refractivity contribution in [3.8, 4) is 0 Å². The Labute approximate surface area is 191 Å². The Hall–Kier alpha value is -3.19. The third-order valence-corrected chi connectivity index (χ3v) is 6.39. The summed E-state index contributed by atoms with van der Waals surface area (Å²) in [7, 11) is 0. The minimum atomic E-state index is -0.238. The molecule has 0 bridgehead atoms. The number of carbonyl (C=O) groups is 1. The van der Waals surface area contributed by atoms with Crippen LogP contribution in [-0.2, 0) is 12.3 Å². The Kier molecular flexibility index (Phi) is 6.85. The molecule has 2 aromatic carbocycles. The quantitative estimate of drug-likeness (QED) is 0.365. The van der Waals surface area contributed by atoms with Crippen LogP contribution in [0.2, 0.25) is 0 Å². The zero-order valence-electron chi connectivity index (χ0n) is 18.1. The molecule has 0 saturated carbocycles. The van der Waals surface area contributed by atoms with Gasteiger partial charge in [-0.25, -0.2) is 9.37 Å². The summed E-state index contributed by atoms with van der Waals surface area (Å²) in [5.74, 6) is 0.392. The van der Waals surface area contributed by atoms with E-state index in [1.807, 2.05) is 50.4 Å². The van der Waals surface area contributed by atoms with Crippen molar-refractivity contribution < 1.29 is 9.18 Å². The first-order chi connectivity index (χ1) is 15.5. The van der Waals surface area contributed by atoms with Gasteiger partial charge in [-0.1, -0.05) is 43.0 Å². The normalized spacial score (nSPS) is 12.1. The fourth-order valence-electron chi connectivity index (χ4n) is 3.29. The molecule has 0 spiro atoms. The first-order valence-corrected chi connectivity index (χ1v) is 11.6. The second-order valence-electron chi connectivity index (χ2n) is 7.74. The molecule has 32 heavy (non-hydrogen) atoms. The summed E-state index contributed by atoms with van der Waals surface area (Å²) in [6, 6.07) is 16.2. The molecule has 0 aliphatic carbocycles. The van der Waals surface area contributed by atoms with Crippen LogP contribution >= 0.6 is 11.8 Å². The zero-order chi connectivity index (χ0) is 22.5. The van der Waals surface area contributed by atoms with Crippen LogP contribution in [0.4, 0.5) is 4.39 Å². The van der Waals surface area contributed by atoms with Crippen LogP contribution < -0.4 is 5.32 Å². The largest absolute Gasteiger partial charge is 0.350 e. The Morgan fingerprint density at radius 2 is 1.81 bits per heavy atom. The van der Waals surface area contributed by atoms with Gasteiger partial charge in [0.1, 0.15) is 5.82 Å². The van der Waals surface area contributed by atoms with E-state index in [1.165, 1.54) is 12.1 Å². The van der Waals surface area contributed by atoms with Crippen molar-refractivity contribution in [1.29, 1.82) is 0 Å². The lowest BCUT2D eigenvalue weighted by atomic mass is 10.1. The molecule has 5 nitrogen and oxygen atoms in total. The number of benzene rings is 2. The summed E-state index contributed by atoms with van der Waals surface area (Å²) >= 11 is 1.61. The molecule has 7 heteroatoms. The lowest BCUT2D eigenvalue weighted by Crippen LogP contribution is -2.31. The maximum Gasteiger partial charge on any atom is 0.251 e. The van der Waals surface area contributed by atoms with E-state index in [-0.39, 0.29) is 17.8 Å². The summed E-state index contributed by atoms with van der Waals surface area (Å²) in [6.45, 7) is 4.65. The summed E-state index contributed by atoms with van der Waals surface area (Å²) in [4.78, 5) is 21.4. The van der Waals surface area contributed by atoms with Crippen molar-refractivity contribution in [2.24, 2.45) is 0 Å². The Morgan fingerprint density at radius 1 is 1.09 bits per heavy atom. The maximum absolute atomic E-state index is 13.2. The molecule has 2 aromatic heterocycles. The van der Waals surface area contributed by atoms with Crippen molar-refractivity contribution in [3.05, 3.63) is 89.5 Å². The number of hydrogen-bond donors (Lipinski definition) is 1. The van der Waals surface area contributed by atoms with Crippen molar-refractivity contribution >= 4 is 28.7 Å². The number of pyridine rings is 1. The van der Waals surface area contributed by atoms with E-state index in [2.05, 4.69) is 14.9 Å². The number of nitrogens with zero attached hydrogens (tertiary/aromatic N) is 3. The second-order valence-corrected chi connectivity index (χ2v) is 8.68. The van der Waals surface area contributed by atoms with Crippen LogP contribution in [0.1, 0.15) is 41.8 Å². The lowest BCUT2D eigenvalue weighted by molar-refractivity contribution is 0.0939. The van der Waals surface area contributed by atoms with Crippen molar-refractivity contribution in [1.82, 2.24) is 19.9 Å². The predicted octanol–water partition coefficient (Wildman–Crippen LogP) is 5.44. The molecule has 2 heterocycles. The van der Waals surface area contributed by atoms with Gasteiger partial charge in [0, 0.05) is 23.6 Å². The van der Waals surface area contributed by atoms with Crippen LogP contribution in [0.5, 0.6) is 0 Å². The average Bonchev–Trinajstić information content (AvgIpc) is 3.16. The zero-order valence-corrected chi connectivity index (χ0v) is 18.9. The highest BCUT2D eigenvalue weighted by atomic mass is 32.2. The van der Waals surface area contributed by atoms with E-state index in [4.69, 9.17) is 4.98 Å². The van der Waals surface area contributed by atoms with E-state index in [9.17, 15) is 9.18 Å². The minimum Gasteiger partial charge on any atom is -0.350 e. The summed E-state index contributed by atoms with van der Waals surface area (Å²) < 4.78 is 15.3. The molecule has 0 aliphatic rings. The lowest BCUT2D eigenvalue weighted by Gasteiger charge is -2.12. The topological polar surface area (TPSA) is 59.8 Å². The molecule has 0 fully saturated rings. The third-order valence-electron chi connectivity index (χ3n) is 5.34. The Bertz CT molecular complexity index is 1210. The predicted molar refractivity (Wildman–Crippen MR) is 126 cm³/mol. The van der Waals surface area contributed by atoms with Gasteiger partial charge < -0.3 is 9.88 Å². The molecule has 1 atom stereocenters. The standard InChI is InChI=1S/C25H25FN4OS/c1-3-17(2)28-24(31)20-8-4-18(5-9-20)15-30-23-14-27-13-12-22(23)29-25(30)32-16-19-6-10-21(26)11-7-19/h4-14,17H,3,15-16H2,1-2H3,(H,28,31). The molecular weight excluding hydrogens is 423 g/mol. The van der Waals surface area contributed by atoms with Gasteiger partial charge in [-0.2, -0.15) is 0 Å². The van der Waals surface area contributed by atoms with Gasteiger partial charge in [0.25, 0.3) is 5.91 Å². The summed E-state index contributed by atoms with van der Waals surface area (Å²) in [5.41, 5.74) is 4.58. The average molecular weight is 449 g/mol. The third kappa shape index (κ3) is 5.16. The molecule has 1 N–H and O–H groups in total. The number of halogens is 1. The molecule has 4 aromatic rings. The van der Waals surface area contributed by atoms with Gasteiger partial charge in [-0.05, 0) is 54.8 Å². The monoisotopic (exact) mass is 448 g/mol. The van der Waals surface area contributed by atoms with Crippen LogP contribution in [0.15, 0.2) is 72.1 Å². The van der Waals surface area contributed by atoms with E-state index < -0.39 is 0 Å². The van der Waals surface area contributed by atoms with Crippen molar-refractivity contribution in [3.63, 3.8) is 0 Å². The number of nitrogens with one attached hydrogen (secondary N) is 1. The fourth-order valence-corrected chi connectivity index (χ4v) is 4.26. The Balaban J connectivity index is 1.54. The molecule has 4 rings (SSSR count). The number of carbonyl (C=O) groups excluding carboxylic acids is 1. The van der Waals surface area contributed by atoms with Gasteiger partial charge in [-0.15, -0.1) is 0 Å². The molecule has 0 radical (unpaired) electrons. The number of thioether (sulfide) groups is 1. The highest BCUT2D eigenvalue weighted by Gasteiger charge is 2.13. The first kappa shape index (κ1) is 22.0. The van der Waals surface area contributed by atoms with Gasteiger partial charge in [0.05, 0.1) is 23.8 Å². The van der Waals surface area contributed by atoms with Crippen molar-refractivity contribution in [2.45, 2.75) is 43.8 Å². The SMILES string of the molecule is CCC(C)NC(=O)c1ccc(Cn2c(SCc3ccc(F)cc3)nc3ccncc32)cc1. The minimum absolute atomic E-state index is 0.0567. The second kappa shape index (κ2) is 9.96. The Morgan fingerprint density at radius 3 is 2.53 bits per heavy atom. The summed E-state index contributed by atoms with van der Waals surface area (Å²) in [5, 5.41) is 3.86. The molecule has 1 amide bonds. The number of amides is 1. The molecule has 1 unspecified atom stereocenters. The summed E-state index contributed by atoms with van der Waals surface area (Å²) in [6.07, 6.45) is 4.45. The van der Waals surface area contributed by atoms with E-state index >= 15 is 0 Å².